The molecule has 1 aliphatic heterocycles. The molecule has 2 N–H and O–H groups in total. The van der Waals surface area contributed by atoms with Crippen molar-refractivity contribution in [3.05, 3.63) is 16.6 Å². The molecule has 0 radical (unpaired) electrons. The summed E-state index contributed by atoms with van der Waals surface area (Å²) in [6.45, 7) is 2.08. The standard InChI is InChI=1S/C15H21BrN2O3/c1-20-13-7-11(16)12(8-14(13)21-2)18-15(19)4-3-10-5-6-17-9-10/h7-8,10,17H,3-6,9H2,1-2H3,(H,18,19). The zero-order chi connectivity index (χ0) is 15.2. The van der Waals surface area contributed by atoms with E-state index in [2.05, 4.69) is 26.6 Å². The Labute approximate surface area is 133 Å². The molecule has 2 rings (SSSR count). The Kier molecular flexibility index (Phi) is 5.87. The van der Waals surface area contributed by atoms with Gasteiger partial charge in [0.15, 0.2) is 11.5 Å². The molecule has 0 spiro atoms. The number of rotatable bonds is 6. The van der Waals surface area contributed by atoms with Gasteiger partial charge >= 0.3 is 0 Å². The van der Waals surface area contributed by atoms with E-state index in [9.17, 15) is 4.79 Å². The molecule has 0 saturated carbocycles. The van der Waals surface area contributed by atoms with E-state index < -0.39 is 0 Å². The van der Waals surface area contributed by atoms with E-state index in [1.165, 1.54) is 0 Å². The number of halogens is 1. The number of carbonyl (C=O) groups is 1. The average Bonchev–Trinajstić information content (AvgIpc) is 3.00. The van der Waals surface area contributed by atoms with E-state index in [1.54, 1.807) is 26.4 Å². The molecular weight excluding hydrogens is 336 g/mol. The van der Waals surface area contributed by atoms with Gasteiger partial charge in [0.2, 0.25) is 5.91 Å². The van der Waals surface area contributed by atoms with Crippen LogP contribution in [0.4, 0.5) is 5.69 Å². The Morgan fingerprint density at radius 2 is 2.10 bits per heavy atom. The molecule has 1 aromatic carbocycles. The molecule has 5 nitrogen and oxygen atoms in total. The van der Waals surface area contributed by atoms with Crippen molar-refractivity contribution < 1.29 is 14.3 Å². The van der Waals surface area contributed by atoms with Crippen LogP contribution >= 0.6 is 15.9 Å². The van der Waals surface area contributed by atoms with Crippen LogP contribution in [0.25, 0.3) is 0 Å². The fraction of sp³-hybridized carbons (Fsp3) is 0.533. The van der Waals surface area contributed by atoms with Gasteiger partial charge in [-0.15, -0.1) is 0 Å². The first-order valence-corrected chi connectivity index (χ1v) is 7.85. The zero-order valence-corrected chi connectivity index (χ0v) is 14.0. The van der Waals surface area contributed by atoms with Gasteiger partial charge in [0.1, 0.15) is 0 Å². The third kappa shape index (κ3) is 4.35. The maximum atomic E-state index is 12.1. The summed E-state index contributed by atoms with van der Waals surface area (Å²) in [5, 5.41) is 6.23. The summed E-state index contributed by atoms with van der Waals surface area (Å²) in [6.07, 6.45) is 2.62. The third-order valence-corrected chi connectivity index (χ3v) is 4.35. The van der Waals surface area contributed by atoms with Gasteiger partial charge in [0.05, 0.1) is 19.9 Å². The van der Waals surface area contributed by atoms with Crippen molar-refractivity contribution in [2.24, 2.45) is 5.92 Å². The maximum absolute atomic E-state index is 12.1. The molecular formula is C15H21BrN2O3. The summed E-state index contributed by atoms with van der Waals surface area (Å²) in [5.74, 6) is 1.86. The SMILES string of the molecule is COc1cc(Br)c(NC(=O)CCC2CCNC2)cc1OC. The lowest BCUT2D eigenvalue weighted by molar-refractivity contribution is -0.116. The molecule has 6 heteroatoms. The number of benzene rings is 1. The molecule has 0 bridgehead atoms. The zero-order valence-electron chi connectivity index (χ0n) is 12.4. The number of carbonyl (C=O) groups excluding carboxylic acids is 1. The lowest BCUT2D eigenvalue weighted by atomic mass is 10.0. The summed E-state index contributed by atoms with van der Waals surface area (Å²) in [6, 6.07) is 3.55. The number of ether oxygens (including phenoxy) is 2. The van der Waals surface area contributed by atoms with Crippen molar-refractivity contribution in [3.8, 4) is 11.5 Å². The van der Waals surface area contributed by atoms with E-state index >= 15 is 0 Å². The predicted octanol–water partition coefficient (Wildman–Crippen LogP) is 2.79. The lowest BCUT2D eigenvalue weighted by Crippen LogP contribution is -2.15. The Hall–Kier alpha value is -1.27. The minimum absolute atomic E-state index is 0.0230. The Bertz CT molecular complexity index is 502. The molecule has 1 amide bonds. The topological polar surface area (TPSA) is 59.6 Å². The van der Waals surface area contributed by atoms with Gasteiger partial charge in [-0.05, 0) is 47.8 Å². The van der Waals surface area contributed by atoms with Crippen LogP contribution < -0.4 is 20.1 Å². The van der Waals surface area contributed by atoms with Gasteiger partial charge < -0.3 is 20.1 Å². The first kappa shape index (κ1) is 16.1. The fourth-order valence-corrected chi connectivity index (χ4v) is 2.88. The van der Waals surface area contributed by atoms with Crippen LogP contribution in [0.3, 0.4) is 0 Å². The normalized spacial score (nSPS) is 17.6. The molecule has 116 valence electrons. The third-order valence-electron chi connectivity index (χ3n) is 3.69. The molecule has 1 saturated heterocycles. The first-order chi connectivity index (χ1) is 10.1. The van der Waals surface area contributed by atoms with Crippen LogP contribution in [-0.2, 0) is 4.79 Å². The Morgan fingerprint density at radius 1 is 1.38 bits per heavy atom. The first-order valence-electron chi connectivity index (χ1n) is 7.06. The van der Waals surface area contributed by atoms with E-state index in [0.29, 0.717) is 29.5 Å². The highest BCUT2D eigenvalue weighted by molar-refractivity contribution is 9.10. The van der Waals surface area contributed by atoms with Crippen molar-refractivity contribution in [2.75, 3.05) is 32.6 Å². The molecule has 1 aromatic rings. The van der Waals surface area contributed by atoms with Crippen molar-refractivity contribution in [2.45, 2.75) is 19.3 Å². The largest absolute Gasteiger partial charge is 0.493 e. The minimum Gasteiger partial charge on any atom is -0.493 e. The number of amides is 1. The predicted molar refractivity (Wildman–Crippen MR) is 86.1 cm³/mol. The van der Waals surface area contributed by atoms with Gasteiger partial charge in [-0.2, -0.15) is 0 Å². The van der Waals surface area contributed by atoms with Crippen LogP contribution in [0.15, 0.2) is 16.6 Å². The molecule has 1 atom stereocenters. The van der Waals surface area contributed by atoms with E-state index in [1.807, 2.05) is 0 Å². The molecule has 1 heterocycles. The summed E-state index contributed by atoms with van der Waals surface area (Å²) in [4.78, 5) is 12.1. The lowest BCUT2D eigenvalue weighted by Gasteiger charge is -2.13. The van der Waals surface area contributed by atoms with Gasteiger partial charge in [-0.1, -0.05) is 0 Å². The molecule has 21 heavy (non-hydrogen) atoms. The second kappa shape index (κ2) is 7.66. The average molecular weight is 357 g/mol. The fourth-order valence-electron chi connectivity index (χ4n) is 2.46. The number of methoxy groups -OCH3 is 2. The van der Waals surface area contributed by atoms with E-state index in [-0.39, 0.29) is 5.91 Å². The minimum atomic E-state index is 0.0230. The monoisotopic (exact) mass is 356 g/mol. The quantitative estimate of drug-likeness (QED) is 0.822. The Morgan fingerprint density at radius 3 is 2.71 bits per heavy atom. The highest BCUT2D eigenvalue weighted by Crippen LogP contribution is 2.36. The summed E-state index contributed by atoms with van der Waals surface area (Å²) >= 11 is 3.44. The number of nitrogens with one attached hydrogen (secondary N) is 2. The van der Waals surface area contributed by atoms with Gasteiger partial charge in [-0.25, -0.2) is 0 Å². The van der Waals surface area contributed by atoms with Crippen LogP contribution in [0.2, 0.25) is 0 Å². The van der Waals surface area contributed by atoms with Crippen molar-refractivity contribution in [3.63, 3.8) is 0 Å². The second-order valence-electron chi connectivity index (χ2n) is 5.13. The van der Waals surface area contributed by atoms with Crippen molar-refractivity contribution in [1.82, 2.24) is 5.32 Å². The number of hydrogen-bond donors (Lipinski definition) is 2. The van der Waals surface area contributed by atoms with Gasteiger partial charge in [0.25, 0.3) is 0 Å². The highest BCUT2D eigenvalue weighted by atomic mass is 79.9. The number of anilines is 1. The highest BCUT2D eigenvalue weighted by Gasteiger charge is 2.17. The molecule has 0 aromatic heterocycles. The smallest absolute Gasteiger partial charge is 0.224 e. The maximum Gasteiger partial charge on any atom is 0.224 e. The molecule has 0 aliphatic carbocycles. The van der Waals surface area contributed by atoms with Crippen molar-refractivity contribution in [1.29, 1.82) is 0 Å². The van der Waals surface area contributed by atoms with Crippen LogP contribution in [0.5, 0.6) is 11.5 Å². The summed E-state index contributed by atoms with van der Waals surface area (Å²) in [5.41, 5.74) is 0.696. The molecule has 1 unspecified atom stereocenters. The van der Waals surface area contributed by atoms with Gasteiger partial charge in [-0.3, -0.25) is 4.79 Å². The van der Waals surface area contributed by atoms with Crippen LogP contribution in [0.1, 0.15) is 19.3 Å². The van der Waals surface area contributed by atoms with Gasteiger partial charge in [0, 0.05) is 23.0 Å². The van der Waals surface area contributed by atoms with Crippen LogP contribution in [0, 0.1) is 5.92 Å². The summed E-state index contributed by atoms with van der Waals surface area (Å²) in [7, 11) is 3.16. The Balaban J connectivity index is 1.96. The molecule has 1 fully saturated rings. The molecule has 1 aliphatic rings. The van der Waals surface area contributed by atoms with Crippen LogP contribution in [-0.4, -0.2) is 33.2 Å². The van der Waals surface area contributed by atoms with Crippen molar-refractivity contribution >= 4 is 27.5 Å². The second-order valence-corrected chi connectivity index (χ2v) is 5.99. The summed E-state index contributed by atoms with van der Waals surface area (Å²) < 4.78 is 11.2. The van der Waals surface area contributed by atoms with E-state index in [0.717, 1.165) is 30.4 Å². The van der Waals surface area contributed by atoms with E-state index in [4.69, 9.17) is 9.47 Å². The number of hydrogen-bond acceptors (Lipinski definition) is 4.